The van der Waals surface area contributed by atoms with E-state index in [1.807, 2.05) is 0 Å². The van der Waals surface area contributed by atoms with Crippen molar-refractivity contribution in [3.8, 4) is 5.69 Å². The number of para-hydroxylation sites is 2. The van der Waals surface area contributed by atoms with E-state index in [0.717, 1.165) is 6.42 Å². The highest BCUT2D eigenvalue weighted by molar-refractivity contribution is 6.16. The molecule has 1 nitrogen and oxygen atoms in total. The highest BCUT2D eigenvalue weighted by atomic mass is 15.0. The smallest absolute Gasteiger partial charge is 0.0760 e. The summed E-state index contributed by atoms with van der Waals surface area (Å²) in [6.45, 7) is 9.50. The monoisotopic (exact) mass is 335 g/mol. The molecular formula is C24H22BN. The largest absolute Gasteiger partial charge is 0.308 e. The minimum absolute atomic E-state index is 0.00248. The Kier molecular flexibility index (Phi) is 2.40. The highest BCUT2D eigenvalue weighted by Crippen LogP contribution is 2.50. The first-order valence-electron chi connectivity index (χ1n) is 9.63. The Morgan fingerprint density at radius 2 is 1.58 bits per heavy atom. The van der Waals surface area contributed by atoms with Gasteiger partial charge in [-0.2, -0.15) is 0 Å². The number of rotatable bonds is 0. The minimum Gasteiger partial charge on any atom is -0.308 e. The van der Waals surface area contributed by atoms with Crippen LogP contribution in [-0.4, -0.2) is 12.4 Å². The van der Waals surface area contributed by atoms with Gasteiger partial charge in [-0.15, -0.1) is 0 Å². The average Bonchev–Trinajstić information content (AvgIpc) is 2.93. The van der Waals surface area contributed by atoms with Gasteiger partial charge in [-0.05, 0) is 28.7 Å². The second-order valence-corrected chi connectivity index (χ2v) is 9.26. The number of hydrogen-bond acceptors (Lipinski definition) is 0. The maximum atomic E-state index is 6.50. The van der Waals surface area contributed by atoms with Gasteiger partial charge in [-0.1, -0.05) is 76.0 Å². The topological polar surface area (TPSA) is 4.93 Å². The van der Waals surface area contributed by atoms with E-state index < -0.39 is 0 Å². The molecule has 3 aliphatic rings. The van der Waals surface area contributed by atoms with Crippen molar-refractivity contribution in [2.24, 2.45) is 0 Å². The molecule has 2 radical (unpaired) electrons. The number of fused-ring (bicyclic) bond motifs is 1. The fraction of sp³-hybridized carbons (Fsp3) is 0.333. The van der Waals surface area contributed by atoms with Gasteiger partial charge in [0, 0.05) is 21.4 Å². The lowest BCUT2D eigenvalue weighted by Gasteiger charge is -2.43. The van der Waals surface area contributed by atoms with Crippen LogP contribution in [0.2, 0.25) is 5.82 Å². The molecule has 0 saturated carbocycles. The molecule has 0 amide bonds. The molecule has 1 aliphatic carbocycles. The van der Waals surface area contributed by atoms with Crippen LogP contribution in [0.5, 0.6) is 0 Å². The zero-order valence-corrected chi connectivity index (χ0v) is 15.9. The summed E-state index contributed by atoms with van der Waals surface area (Å²) in [4.78, 5) is 0. The first kappa shape index (κ1) is 14.9. The molecule has 0 spiro atoms. The Morgan fingerprint density at radius 3 is 2.35 bits per heavy atom. The molecule has 6 rings (SSSR count). The fourth-order valence-electron chi connectivity index (χ4n) is 5.81. The molecule has 0 fully saturated rings. The molecular weight excluding hydrogens is 313 g/mol. The van der Waals surface area contributed by atoms with Crippen LogP contribution in [-0.2, 0) is 10.8 Å². The summed E-state index contributed by atoms with van der Waals surface area (Å²) < 4.78 is 2.57. The Bertz CT molecular complexity index is 1270. The zero-order valence-electron chi connectivity index (χ0n) is 15.9. The van der Waals surface area contributed by atoms with E-state index in [9.17, 15) is 0 Å². The van der Waals surface area contributed by atoms with E-state index in [-0.39, 0.29) is 16.6 Å². The van der Waals surface area contributed by atoms with Gasteiger partial charge in [-0.25, -0.2) is 0 Å². The van der Waals surface area contributed by atoms with Crippen molar-refractivity contribution < 1.29 is 0 Å². The Balaban J connectivity index is 2.04. The minimum atomic E-state index is -0.00248. The molecule has 0 N–H and O–H groups in total. The molecule has 2 aromatic carbocycles. The van der Waals surface area contributed by atoms with Crippen molar-refractivity contribution in [2.75, 3.05) is 0 Å². The molecule has 126 valence electrons. The van der Waals surface area contributed by atoms with Crippen LogP contribution in [0.25, 0.3) is 28.2 Å². The van der Waals surface area contributed by atoms with Gasteiger partial charge in [-0.3, -0.25) is 0 Å². The van der Waals surface area contributed by atoms with Gasteiger partial charge < -0.3 is 4.57 Å². The lowest BCUT2D eigenvalue weighted by molar-refractivity contribution is 0.591. The van der Waals surface area contributed by atoms with Gasteiger partial charge in [0.05, 0.1) is 24.4 Å². The maximum absolute atomic E-state index is 6.50. The summed E-state index contributed by atoms with van der Waals surface area (Å²) in [7, 11) is 6.50. The lowest BCUT2D eigenvalue weighted by atomic mass is 9.65. The van der Waals surface area contributed by atoms with Crippen molar-refractivity contribution in [1.29, 1.82) is 0 Å². The van der Waals surface area contributed by atoms with E-state index in [1.165, 1.54) is 49.4 Å². The second-order valence-electron chi connectivity index (χ2n) is 9.26. The van der Waals surface area contributed by atoms with Crippen molar-refractivity contribution in [3.05, 3.63) is 63.7 Å². The number of hydrogen-bond donors (Lipinski definition) is 0. The van der Waals surface area contributed by atoms with Crippen LogP contribution in [0.4, 0.5) is 0 Å². The third kappa shape index (κ3) is 1.41. The predicted octanol–water partition coefficient (Wildman–Crippen LogP) is 3.85. The molecule has 1 atom stereocenters. The van der Waals surface area contributed by atoms with Crippen molar-refractivity contribution in [1.82, 2.24) is 4.57 Å². The van der Waals surface area contributed by atoms with E-state index >= 15 is 0 Å². The normalized spacial score (nSPS) is 23.1. The van der Waals surface area contributed by atoms with Crippen molar-refractivity contribution in [3.63, 3.8) is 0 Å². The number of aromatic nitrogens is 1. The molecule has 3 heterocycles. The first-order valence-corrected chi connectivity index (χ1v) is 9.63. The quantitative estimate of drug-likeness (QED) is 0.550. The molecule has 1 aromatic heterocycles. The summed E-state index contributed by atoms with van der Waals surface area (Å²) in [5.74, 6) is 0.0953. The SMILES string of the molecule is [B]C1C=c2c3n4c5c(cccc25)C(C)(C)c2cccc(c2-4)C(C)(C)C=3C1. The first-order chi connectivity index (χ1) is 12.3. The third-order valence-electron chi connectivity index (χ3n) is 7.17. The van der Waals surface area contributed by atoms with E-state index in [2.05, 4.69) is 74.7 Å². The van der Waals surface area contributed by atoms with E-state index in [4.69, 9.17) is 7.85 Å². The number of benzene rings is 2. The maximum Gasteiger partial charge on any atom is 0.0760 e. The van der Waals surface area contributed by atoms with Crippen LogP contribution >= 0.6 is 0 Å². The summed E-state index contributed by atoms with van der Waals surface area (Å²) in [5.41, 5.74) is 8.61. The molecule has 26 heavy (non-hydrogen) atoms. The molecule has 2 heteroatoms. The molecule has 1 unspecified atom stereocenters. The highest BCUT2D eigenvalue weighted by Gasteiger charge is 2.43. The standard InChI is InChI=1S/C24H22BN/c1-23(2)16-8-5-7-14-15-11-13(25)12-19-21(15)26(20(14)16)22-17(23)9-6-10-18(22)24(19,3)4/h5-11,13H,12H2,1-4H3. The summed E-state index contributed by atoms with van der Waals surface area (Å²) in [6.07, 6.45) is 3.24. The van der Waals surface area contributed by atoms with Gasteiger partial charge in [0.15, 0.2) is 0 Å². The summed E-state index contributed by atoms with van der Waals surface area (Å²) in [6, 6.07) is 13.7. The summed E-state index contributed by atoms with van der Waals surface area (Å²) in [5, 5.41) is 4.12. The fourth-order valence-corrected chi connectivity index (χ4v) is 5.81. The van der Waals surface area contributed by atoms with Gasteiger partial charge in [0.25, 0.3) is 0 Å². The van der Waals surface area contributed by atoms with Crippen LogP contribution in [0, 0.1) is 0 Å². The zero-order chi connectivity index (χ0) is 18.0. The molecule has 3 aromatic rings. The van der Waals surface area contributed by atoms with Gasteiger partial charge >= 0.3 is 0 Å². The van der Waals surface area contributed by atoms with Crippen molar-refractivity contribution >= 4 is 30.4 Å². The van der Waals surface area contributed by atoms with Crippen LogP contribution in [0.15, 0.2) is 36.4 Å². The van der Waals surface area contributed by atoms with Crippen LogP contribution < -0.4 is 10.6 Å². The van der Waals surface area contributed by atoms with Crippen LogP contribution in [0.3, 0.4) is 0 Å². The van der Waals surface area contributed by atoms with Gasteiger partial charge in [0.1, 0.15) is 0 Å². The predicted molar refractivity (Wildman–Crippen MR) is 110 cm³/mol. The molecule has 0 saturated heterocycles. The molecule has 2 aliphatic heterocycles. The lowest BCUT2D eigenvalue weighted by Crippen LogP contribution is -2.46. The number of nitrogens with zero attached hydrogens (tertiary/aromatic N) is 1. The third-order valence-corrected chi connectivity index (χ3v) is 7.17. The average molecular weight is 335 g/mol. The second kappa shape index (κ2) is 4.19. The van der Waals surface area contributed by atoms with Crippen LogP contribution in [0.1, 0.15) is 50.8 Å². The van der Waals surface area contributed by atoms with E-state index in [0.29, 0.717) is 0 Å². The van der Waals surface area contributed by atoms with E-state index in [1.54, 1.807) is 0 Å². The summed E-state index contributed by atoms with van der Waals surface area (Å²) >= 11 is 0. The Labute approximate surface area is 155 Å². The Hall–Kier alpha value is -2.22. The van der Waals surface area contributed by atoms with Gasteiger partial charge in [0.2, 0.25) is 0 Å². The Morgan fingerprint density at radius 1 is 0.923 bits per heavy atom. The molecule has 0 bridgehead atoms. The van der Waals surface area contributed by atoms with Crippen molar-refractivity contribution in [2.45, 2.75) is 50.8 Å².